The Labute approximate surface area is 132 Å². The highest BCUT2D eigenvalue weighted by molar-refractivity contribution is 6.23. The molecule has 23 heavy (non-hydrogen) atoms. The average Bonchev–Trinajstić information content (AvgIpc) is 3.13. The second-order valence-electron chi connectivity index (χ2n) is 5.37. The van der Waals surface area contributed by atoms with Gasteiger partial charge >= 0.3 is 0 Å². The second kappa shape index (κ2) is 5.31. The van der Waals surface area contributed by atoms with Crippen molar-refractivity contribution in [3.05, 3.63) is 48.5 Å². The van der Waals surface area contributed by atoms with Crippen LogP contribution >= 0.6 is 0 Å². The quantitative estimate of drug-likeness (QED) is 0.880. The molecule has 0 unspecified atom stereocenters. The van der Waals surface area contributed by atoms with Crippen molar-refractivity contribution in [3.63, 3.8) is 0 Å². The molecule has 0 aromatic heterocycles. The first kappa shape index (κ1) is 13.6. The normalized spacial score (nSPS) is 19.3. The maximum absolute atomic E-state index is 12.5. The molecule has 6 heteroatoms. The summed E-state index contributed by atoms with van der Waals surface area (Å²) in [5, 5.41) is 3.10. The van der Waals surface area contributed by atoms with Gasteiger partial charge in [-0.25, -0.2) is 4.90 Å². The Morgan fingerprint density at radius 1 is 1.00 bits per heavy atom. The molecule has 1 saturated heterocycles. The number of carbonyl (C=O) groups is 2. The van der Waals surface area contributed by atoms with E-state index in [0.717, 1.165) is 5.69 Å². The Balaban J connectivity index is 1.54. The van der Waals surface area contributed by atoms with E-state index in [2.05, 4.69) is 5.32 Å². The van der Waals surface area contributed by atoms with Gasteiger partial charge in [-0.1, -0.05) is 18.2 Å². The molecule has 2 aromatic rings. The zero-order chi connectivity index (χ0) is 15.8. The number of imide groups is 1. The molecule has 1 fully saturated rings. The fourth-order valence-electron chi connectivity index (χ4n) is 2.78. The van der Waals surface area contributed by atoms with Gasteiger partial charge in [0.1, 0.15) is 6.04 Å². The Kier molecular flexibility index (Phi) is 3.15. The first-order chi connectivity index (χ1) is 11.2. The lowest BCUT2D eigenvalue weighted by atomic mass is 10.2. The van der Waals surface area contributed by atoms with Crippen molar-refractivity contribution in [2.45, 2.75) is 12.5 Å². The molecule has 2 amide bonds. The Hall–Kier alpha value is -3.02. The van der Waals surface area contributed by atoms with Gasteiger partial charge < -0.3 is 14.8 Å². The third-order valence-corrected chi connectivity index (χ3v) is 3.87. The zero-order valence-corrected chi connectivity index (χ0v) is 12.2. The highest BCUT2D eigenvalue weighted by Crippen LogP contribution is 2.35. The minimum atomic E-state index is -0.580. The number of ether oxygens (including phenoxy) is 2. The third kappa shape index (κ3) is 2.38. The number of hydrogen-bond donors (Lipinski definition) is 1. The maximum Gasteiger partial charge on any atom is 0.256 e. The average molecular weight is 310 g/mol. The van der Waals surface area contributed by atoms with Crippen molar-refractivity contribution in [1.82, 2.24) is 0 Å². The van der Waals surface area contributed by atoms with Crippen molar-refractivity contribution < 1.29 is 19.1 Å². The standard InChI is InChI=1S/C17H14N2O4/c20-16-9-13(17(21)19(16)12-4-2-1-3-5-12)18-11-6-7-14-15(8-11)23-10-22-14/h1-8,13,18H,9-10H2/t13-/m1/s1. The topological polar surface area (TPSA) is 67.9 Å². The molecule has 2 aromatic carbocycles. The van der Waals surface area contributed by atoms with Crippen LogP contribution in [0.1, 0.15) is 6.42 Å². The number of benzene rings is 2. The minimum absolute atomic E-state index is 0.127. The number of nitrogens with one attached hydrogen (secondary N) is 1. The third-order valence-electron chi connectivity index (χ3n) is 3.87. The van der Waals surface area contributed by atoms with E-state index in [4.69, 9.17) is 9.47 Å². The van der Waals surface area contributed by atoms with Gasteiger partial charge in [-0.05, 0) is 24.3 Å². The molecule has 0 spiro atoms. The highest BCUT2D eigenvalue weighted by Gasteiger charge is 2.39. The SMILES string of the molecule is O=C1C[C@@H](Nc2ccc3c(c2)OCO3)C(=O)N1c1ccccc1. The van der Waals surface area contributed by atoms with Crippen LogP contribution in [0.2, 0.25) is 0 Å². The Morgan fingerprint density at radius 3 is 2.61 bits per heavy atom. The summed E-state index contributed by atoms with van der Waals surface area (Å²) in [6.45, 7) is 0.196. The van der Waals surface area contributed by atoms with E-state index in [1.54, 1.807) is 42.5 Å². The molecule has 0 bridgehead atoms. The van der Waals surface area contributed by atoms with Gasteiger partial charge in [0.25, 0.3) is 5.91 Å². The highest BCUT2D eigenvalue weighted by atomic mass is 16.7. The molecule has 1 N–H and O–H groups in total. The van der Waals surface area contributed by atoms with Crippen molar-refractivity contribution in [2.75, 3.05) is 17.0 Å². The van der Waals surface area contributed by atoms with E-state index < -0.39 is 6.04 Å². The lowest BCUT2D eigenvalue weighted by Crippen LogP contribution is -2.34. The van der Waals surface area contributed by atoms with Gasteiger partial charge in [-0.15, -0.1) is 0 Å². The van der Waals surface area contributed by atoms with E-state index >= 15 is 0 Å². The van der Waals surface area contributed by atoms with Crippen LogP contribution in [0, 0.1) is 0 Å². The van der Waals surface area contributed by atoms with Crippen molar-refractivity contribution >= 4 is 23.2 Å². The summed E-state index contributed by atoms with van der Waals surface area (Å²) in [4.78, 5) is 26.0. The minimum Gasteiger partial charge on any atom is -0.454 e. The summed E-state index contributed by atoms with van der Waals surface area (Å²) in [7, 11) is 0. The summed E-state index contributed by atoms with van der Waals surface area (Å²) in [6, 6.07) is 13.7. The van der Waals surface area contributed by atoms with Gasteiger partial charge in [-0.3, -0.25) is 9.59 Å². The van der Waals surface area contributed by atoms with Crippen LogP contribution in [0.5, 0.6) is 11.5 Å². The molecular weight excluding hydrogens is 296 g/mol. The summed E-state index contributed by atoms with van der Waals surface area (Å²) < 4.78 is 10.6. The predicted octanol–water partition coefficient (Wildman–Crippen LogP) is 2.16. The van der Waals surface area contributed by atoms with Crippen molar-refractivity contribution in [2.24, 2.45) is 0 Å². The number of hydrogen-bond acceptors (Lipinski definition) is 5. The second-order valence-corrected chi connectivity index (χ2v) is 5.37. The van der Waals surface area contributed by atoms with E-state index in [9.17, 15) is 9.59 Å². The van der Waals surface area contributed by atoms with Gasteiger partial charge in [-0.2, -0.15) is 0 Å². The number of nitrogens with zero attached hydrogens (tertiary/aromatic N) is 1. The van der Waals surface area contributed by atoms with E-state index in [1.165, 1.54) is 4.90 Å². The van der Waals surface area contributed by atoms with Crippen LogP contribution in [0.4, 0.5) is 11.4 Å². The summed E-state index contributed by atoms with van der Waals surface area (Å²) in [5.74, 6) is 0.847. The van der Waals surface area contributed by atoms with Crippen LogP contribution in [-0.4, -0.2) is 24.6 Å². The lowest BCUT2D eigenvalue weighted by Gasteiger charge is -2.16. The van der Waals surface area contributed by atoms with Gasteiger partial charge in [0.2, 0.25) is 12.7 Å². The number of amides is 2. The fraction of sp³-hybridized carbons (Fsp3) is 0.176. The molecule has 1 atom stereocenters. The van der Waals surface area contributed by atoms with E-state index in [-0.39, 0.29) is 25.0 Å². The van der Waals surface area contributed by atoms with Gasteiger partial charge in [0.15, 0.2) is 11.5 Å². The molecular formula is C17H14N2O4. The first-order valence-electron chi connectivity index (χ1n) is 7.30. The monoisotopic (exact) mass is 310 g/mol. The molecule has 6 nitrogen and oxygen atoms in total. The summed E-state index contributed by atoms with van der Waals surface area (Å²) in [5.41, 5.74) is 1.31. The van der Waals surface area contributed by atoms with Crippen LogP contribution in [0.15, 0.2) is 48.5 Å². The van der Waals surface area contributed by atoms with Gasteiger partial charge in [0.05, 0.1) is 12.1 Å². The van der Waals surface area contributed by atoms with Crippen LogP contribution in [0.3, 0.4) is 0 Å². The lowest BCUT2D eigenvalue weighted by molar-refractivity contribution is -0.121. The Bertz CT molecular complexity index is 775. The Morgan fingerprint density at radius 2 is 1.78 bits per heavy atom. The largest absolute Gasteiger partial charge is 0.454 e. The molecule has 2 heterocycles. The number of fused-ring (bicyclic) bond motifs is 1. The number of rotatable bonds is 3. The summed E-state index contributed by atoms with van der Waals surface area (Å²) in [6.07, 6.45) is 0.127. The number of para-hydroxylation sites is 1. The molecule has 0 radical (unpaired) electrons. The molecule has 4 rings (SSSR count). The van der Waals surface area contributed by atoms with Crippen molar-refractivity contribution in [3.8, 4) is 11.5 Å². The van der Waals surface area contributed by atoms with Crippen LogP contribution in [-0.2, 0) is 9.59 Å². The van der Waals surface area contributed by atoms with Gasteiger partial charge in [0, 0.05) is 11.8 Å². The zero-order valence-electron chi connectivity index (χ0n) is 12.2. The summed E-state index contributed by atoms with van der Waals surface area (Å²) >= 11 is 0. The number of carbonyl (C=O) groups excluding carboxylic acids is 2. The van der Waals surface area contributed by atoms with Crippen molar-refractivity contribution in [1.29, 1.82) is 0 Å². The molecule has 116 valence electrons. The molecule has 0 aliphatic carbocycles. The molecule has 2 aliphatic heterocycles. The van der Waals surface area contributed by atoms with Crippen LogP contribution < -0.4 is 19.7 Å². The molecule has 2 aliphatic rings. The van der Waals surface area contributed by atoms with E-state index in [0.29, 0.717) is 17.2 Å². The first-order valence-corrected chi connectivity index (χ1v) is 7.30. The maximum atomic E-state index is 12.5. The predicted molar refractivity (Wildman–Crippen MR) is 83.5 cm³/mol. The van der Waals surface area contributed by atoms with E-state index in [1.807, 2.05) is 6.07 Å². The smallest absolute Gasteiger partial charge is 0.256 e. The van der Waals surface area contributed by atoms with Crippen LogP contribution in [0.25, 0.3) is 0 Å². The molecule has 0 saturated carbocycles. The fourth-order valence-corrected chi connectivity index (χ4v) is 2.78. The number of anilines is 2.